The zero-order valence-electron chi connectivity index (χ0n) is 20.3. The van der Waals surface area contributed by atoms with Gasteiger partial charge in [0.15, 0.2) is 16.6 Å². The Morgan fingerprint density at radius 1 is 1.03 bits per heavy atom. The highest BCUT2D eigenvalue weighted by Crippen LogP contribution is 2.44. The fraction of sp³-hybridized carbons (Fsp3) is 0.148. The number of halogens is 4. The SMILES string of the molecule is COc1cc(/C=C2\C(=O)NC(=S)N(c3ccc(C)cc3C)C2=O)c(Br)c(Br)c1OCc1ccc(Cl)c(Cl)c1. The molecule has 6 nitrogen and oxygen atoms in total. The molecule has 1 heterocycles. The number of thiocarbonyl (C=S) groups is 1. The lowest BCUT2D eigenvalue weighted by Crippen LogP contribution is -2.54. The molecule has 0 radical (unpaired) electrons. The standard InChI is InChI=1S/C27H20Br2Cl2N2O4S/c1-13-4-7-20(14(2)8-13)33-26(35)17(25(34)32-27(33)38)10-16-11-21(36-3)24(23(29)22(16)28)37-12-15-5-6-18(30)19(31)9-15/h4-11H,12H2,1-3H3,(H,32,34,38)/b17-10+. The van der Waals surface area contributed by atoms with E-state index in [0.717, 1.165) is 16.7 Å². The van der Waals surface area contributed by atoms with Crippen molar-refractivity contribution >= 4 is 96.0 Å². The maximum absolute atomic E-state index is 13.5. The first-order valence-corrected chi connectivity index (χ1v) is 13.9. The van der Waals surface area contributed by atoms with E-state index in [4.69, 9.17) is 44.9 Å². The second kappa shape index (κ2) is 11.8. The Labute approximate surface area is 252 Å². The normalized spacial score (nSPS) is 14.7. The molecule has 0 atom stereocenters. The zero-order valence-corrected chi connectivity index (χ0v) is 25.8. The molecule has 3 aromatic carbocycles. The number of hydrogen-bond acceptors (Lipinski definition) is 5. The summed E-state index contributed by atoms with van der Waals surface area (Å²) < 4.78 is 12.7. The van der Waals surface area contributed by atoms with Crippen LogP contribution >= 0.6 is 67.3 Å². The van der Waals surface area contributed by atoms with Crippen LogP contribution in [0.1, 0.15) is 22.3 Å². The van der Waals surface area contributed by atoms with E-state index in [2.05, 4.69) is 37.2 Å². The lowest BCUT2D eigenvalue weighted by molar-refractivity contribution is -0.122. The largest absolute Gasteiger partial charge is 0.493 e. The average Bonchev–Trinajstić information content (AvgIpc) is 2.86. The van der Waals surface area contributed by atoms with Gasteiger partial charge in [0, 0.05) is 4.47 Å². The Hall–Kier alpha value is -2.43. The summed E-state index contributed by atoms with van der Waals surface area (Å²) in [6.07, 6.45) is 1.48. The second-order valence-corrected chi connectivity index (χ2v) is 11.2. The highest BCUT2D eigenvalue weighted by atomic mass is 79.9. The maximum Gasteiger partial charge on any atom is 0.270 e. The van der Waals surface area contributed by atoms with E-state index >= 15 is 0 Å². The molecule has 38 heavy (non-hydrogen) atoms. The van der Waals surface area contributed by atoms with Crippen LogP contribution in [0, 0.1) is 13.8 Å². The molecular weight excluding hydrogens is 679 g/mol. The topological polar surface area (TPSA) is 67.9 Å². The highest BCUT2D eigenvalue weighted by molar-refractivity contribution is 9.13. The van der Waals surface area contributed by atoms with Crippen molar-refractivity contribution in [3.63, 3.8) is 0 Å². The molecule has 0 aliphatic carbocycles. The third-order valence-corrected chi connectivity index (χ3v) is 8.90. The maximum atomic E-state index is 13.5. The monoisotopic (exact) mass is 696 g/mol. The smallest absolute Gasteiger partial charge is 0.270 e. The molecule has 1 aliphatic heterocycles. The number of aryl methyl sites for hydroxylation is 2. The van der Waals surface area contributed by atoms with E-state index in [1.165, 1.54) is 18.1 Å². The van der Waals surface area contributed by atoms with Crippen molar-refractivity contribution in [3.05, 3.63) is 89.3 Å². The van der Waals surface area contributed by atoms with Crippen molar-refractivity contribution in [2.45, 2.75) is 20.5 Å². The van der Waals surface area contributed by atoms with Gasteiger partial charge in [0.1, 0.15) is 12.2 Å². The summed E-state index contributed by atoms with van der Waals surface area (Å²) in [6.45, 7) is 4.04. The Kier molecular flexibility index (Phi) is 8.84. The molecule has 11 heteroatoms. The van der Waals surface area contributed by atoms with Gasteiger partial charge in [-0.1, -0.05) is 47.0 Å². The van der Waals surface area contributed by atoms with E-state index in [-0.39, 0.29) is 17.3 Å². The molecule has 4 rings (SSSR count). The first-order chi connectivity index (χ1) is 18.0. The molecule has 0 saturated carbocycles. The molecule has 1 saturated heterocycles. The third kappa shape index (κ3) is 5.77. The predicted molar refractivity (Wildman–Crippen MR) is 161 cm³/mol. The predicted octanol–water partition coefficient (Wildman–Crippen LogP) is 7.55. The van der Waals surface area contributed by atoms with Gasteiger partial charge in [-0.3, -0.25) is 19.8 Å². The van der Waals surface area contributed by atoms with Crippen molar-refractivity contribution in [1.82, 2.24) is 5.32 Å². The number of ether oxygens (including phenoxy) is 2. The van der Waals surface area contributed by atoms with Crippen LogP contribution in [0.15, 0.2) is 57.0 Å². The number of benzene rings is 3. The van der Waals surface area contributed by atoms with Crippen LogP contribution in [0.5, 0.6) is 11.5 Å². The molecule has 0 unspecified atom stereocenters. The Morgan fingerprint density at radius 2 is 1.76 bits per heavy atom. The summed E-state index contributed by atoms with van der Waals surface area (Å²) in [7, 11) is 1.50. The van der Waals surface area contributed by atoms with Crippen LogP contribution in [0.2, 0.25) is 10.0 Å². The minimum Gasteiger partial charge on any atom is -0.493 e. The van der Waals surface area contributed by atoms with Crippen molar-refractivity contribution < 1.29 is 19.1 Å². The highest BCUT2D eigenvalue weighted by Gasteiger charge is 2.35. The molecule has 0 spiro atoms. The summed E-state index contributed by atoms with van der Waals surface area (Å²) in [6, 6.07) is 12.5. The first kappa shape index (κ1) is 28.6. The van der Waals surface area contributed by atoms with Crippen LogP contribution in [-0.2, 0) is 16.2 Å². The number of nitrogens with zero attached hydrogens (tertiary/aromatic N) is 1. The number of amides is 2. The number of hydrogen-bond donors (Lipinski definition) is 1. The van der Waals surface area contributed by atoms with Gasteiger partial charge in [-0.15, -0.1) is 0 Å². The fourth-order valence-electron chi connectivity index (χ4n) is 3.87. The lowest BCUT2D eigenvalue weighted by atomic mass is 10.0. The summed E-state index contributed by atoms with van der Waals surface area (Å²) in [5.74, 6) is -0.321. The van der Waals surface area contributed by atoms with Crippen molar-refractivity contribution in [2.24, 2.45) is 0 Å². The van der Waals surface area contributed by atoms with Crippen LogP contribution in [0.25, 0.3) is 6.08 Å². The molecule has 1 N–H and O–H groups in total. The third-order valence-electron chi connectivity index (χ3n) is 5.74. The number of nitrogens with one attached hydrogen (secondary N) is 1. The van der Waals surface area contributed by atoms with Crippen LogP contribution in [0.3, 0.4) is 0 Å². The molecule has 1 fully saturated rings. The Balaban J connectivity index is 1.70. The number of anilines is 1. The van der Waals surface area contributed by atoms with E-state index in [1.807, 2.05) is 32.0 Å². The quantitative estimate of drug-likeness (QED) is 0.164. The first-order valence-electron chi connectivity index (χ1n) is 11.1. The Morgan fingerprint density at radius 3 is 2.42 bits per heavy atom. The minimum atomic E-state index is -0.594. The van der Waals surface area contributed by atoms with Gasteiger partial charge in [-0.25, -0.2) is 0 Å². The van der Waals surface area contributed by atoms with E-state index in [0.29, 0.717) is 41.7 Å². The number of carbonyl (C=O) groups is 2. The molecular formula is C27H20Br2Cl2N2O4S. The van der Waals surface area contributed by atoms with E-state index < -0.39 is 11.8 Å². The van der Waals surface area contributed by atoms with E-state index in [1.54, 1.807) is 24.3 Å². The number of methoxy groups -OCH3 is 1. The van der Waals surface area contributed by atoms with Crippen molar-refractivity contribution in [2.75, 3.05) is 12.0 Å². The zero-order chi connectivity index (χ0) is 27.7. The molecule has 0 bridgehead atoms. The van der Waals surface area contributed by atoms with Crippen molar-refractivity contribution in [3.8, 4) is 11.5 Å². The van der Waals surface area contributed by atoms with E-state index in [9.17, 15) is 9.59 Å². The van der Waals surface area contributed by atoms with Gasteiger partial charge in [0.2, 0.25) is 0 Å². The number of rotatable bonds is 6. The molecule has 196 valence electrons. The Bertz CT molecular complexity index is 1530. The molecule has 2 amide bonds. The minimum absolute atomic E-state index is 0.0213. The molecule has 0 aromatic heterocycles. The summed E-state index contributed by atoms with van der Waals surface area (Å²) in [4.78, 5) is 27.7. The van der Waals surface area contributed by atoms with Crippen LogP contribution < -0.4 is 19.7 Å². The fourth-order valence-corrected chi connectivity index (χ4v) is 5.41. The second-order valence-electron chi connectivity index (χ2n) is 8.41. The van der Waals surface area contributed by atoms with Gasteiger partial charge in [0.05, 0.1) is 27.3 Å². The van der Waals surface area contributed by atoms with Gasteiger partial charge in [0.25, 0.3) is 11.8 Å². The number of carbonyl (C=O) groups excluding carboxylic acids is 2. The summed E-state index contributed by atoms with van der Waals surface area (Å²) >= 11 is 24.6. The summed E-state index contributed by atoms with van der Waals surface area (Å²) in [5, 5.41) is 3.51. The van der Waals surface area contributed by atoms with Crippen molar-refractivity contribution in [1.29, 1.82) is 0 Å². The van der Waals surface area contributed by atoms with Crippen LogP contribution in [-0.4, -0.2) is 24.0 Å². The van der Waals surface area contributed by atoms with Crippen LogP contribution in [0.4, 0.5) is 5.69 Å². The van der Waals surface area contributed by atoms with Gasteiger partial charge >= 0.3 is 0 Å². The summed E-state index contributed by atoms with van der Waals surface area (Å²) in [5.41, 5.74) is 3.73. The molecule has 3 aromatic rings. The van der Waals surface area contributed by atoms with Gasteiger partial charge in [-0.2, -0.15) is 0 Å². The molecule has 1 aliphatic rings. The average molecular weight is 699 g/mol. The van der Waals surface area contributed by atoms with Gasteiger partial charge in [-0.05, 0) is 105 Å². The van der Waals surface area contributed by atoms with Gasteiger partial charge < -0.3 is 9.47 Å². The lowest BCUT2D eigenvalue weighted by Gasteiger charge is -2.30.